The molecule has 0 aliphatic rings. The molecule has 106 valence electrons. The van der Waals surface area contributed by atoms with E-state index in [0.717, 1.165) is 0 Å². The van der Waals surface area contributed by atoms with E-state index in [4.69, 9.17) is 28.9 Å². The number of benzene rings is 2. The van der Waals surface area contributed by atoms with E-state index < -0.39 is 12.7 Å². The van der Waals surface area contributed by atoms with Crippen LogP contribution in [0.2, 0.25) is 10.0 Å². The minimum atomic E-state index is -2.87. The molecule has 0 aliphatic heterocycles. The molecule has 0 saturated carbocycles. The Bertz CT molecular complexity index is 607. The molecule has 2 rings (SSSR count). The van der Waals surface area contributed by atoms with Crippen molar-refractivity contribution in [1.82, 2.24) is 0 Å². The zero-order valence-electron chi connectivity index (χ0n) is 10.2. The van der Waals surface area contributed by atoms with Gasteiger partial charge in [-0.05, 0) is 35.4 Å². The fraction of sp³-hybridized carbons (Fsp3) is 0.143. The first-order valence-electron chi connectivity index (χ1n) is 5.72. The second-order valence-corrected chi connectivity index (χ2v) is 4.94. The highest BCUT2D eigenvalue weighted by Gasteiger charge is 2.14. The van der Waals surface area contributed by atoms with Gasteiger partial charge >= 0.3 is 6.61 Å². The average Bonchev–Trinajstić information content (AvgIpc) is 2.37. The summed E-state index contributed by atoms with van der Waals surface area (Å²) in [5.74, 6) is 0.0537. The molecule has 0 heterocycles. The quantitative estimate of drug-likeness (QED) is 0.891. The maximum atomic E-state index is 12.2. The minimum absolute atomic E-state index is 0.0537. The third kappa shape index (κ3) is 3.60. The minimum Gasteiger partial charge on any atom is -0.435 e. The van der Waals surface area contributed by atoms with Crippen molar-refractivity contribution in [2.75, 3.05) is 0 Å². The number of halogens is 4. The van der Waals surface area contributed by atoms with Crippen LogP contribution >= 0.6 is 23.2 Å². The highest BCUT2D eigenvalue weighted by Crippen LogP contribution is 2.30. The van der Waals surface area contributed by atoms with Crippen LogP contribution in [0.1, 0.15) is 17.2 Å². The fourth-order valence-electron chi connectivity index (χ4n) is 1.82. The summed E-state index contributed by atoms with van der Waals surface area (Å²) in [7, 11) is 0. The Morgan fingerprint density at radius 3 is 2.45 bits per heavy atom. The molecule has 0 aromatic heterocycles. The van der Waals surface area contributed by atoms with Gasteiger partial charge in [-0.25, -0.2) is 0 Å². The van der Waals surface area contributed by atoms with Gasteiger partial charge in [-0.15, -0.1) is 0 Å². The Balaban J connectivity index is 2.30. The van der Waals surface area contributed by atoms with Crippen LogP contribution < -0.4 is 10.5 Å². The lowest BCUT2D eigenvalue weighted by molar-refractivity contribution is -0.0498. The zero-order valence-corrected chi connectivity index (χ0v) is 11.7. The highest BCUT2D eigenvalue weighted by atomic mass is 35.5. The number of nitrogens with two attached hydrogens (primary N) is 1. The SMILES string of the molecule is NC(c1cccc(OC(F)F)c1)c1ccc(Cl)cc1Cl. The summed E-state index contributed by atoms with van der Waals surface area (Å²) in [5.41, 5.74) is 7.37. The number of hydrogen-bond acceptors (Lipinski definition) is 2. The van der Waals surface area contributed by atoms with Gasteiger partial charge in [0.15, 0.2) is 0 Å². The number of ether oxygens (including phenoxy) is 1. The van der Waals surface area contributed by atoms with Crippen molar-refractivity contribution >= 4 is 23.2 Å². The van der Waals surface area contributed by atoms with Crippen molar-refractivity contribution in [2.24, 2.45) is 5.73 Å². The topological polar surface area (TPSA) is 35.2 Å². The normalized spacial score (nSPS) is 12.5. The van der Waals surface area contributed by atoms with Gasteiger partial charge in [0.05, 0.1) is 6.04 Å². The fourth-order valence-corrected chi connectivity index (χ4v) is 2.34. The van der Waals surface area contributed by atoms with Gasteiger partial charge in [-0.1, -0.05) is 41.4 Å². The molecule has 1 unspecified atom stereocenters. The zero-order chi connectivity index (χ0) is 14.7. The van der Waals surface area contributed by atoms with Crippen LogP contribution in [0.3, 0.4) is 0 Å². The van der Waals surface area contributed by atoms with Gasteiger partial charge in [0, 0.05) is 10.0 Å². The van der Waals surface area contributed by atoms with E-state index in [9.17, 15) is 8.78 Å². The molecule has 0 aliphatic carbocycles. The van der Waals surface area contributed by atoms with Crippen LogP contribution in [0, 0.1) is 0 Å². The predicted molar refractivity (Wildman–Crippen MR) is 75.6 cm³/mol. The van der Waals surface area contributed by atoms with E-state index >= 15 is 0 Å². The lowest BCUT2D eigenvalue weighted by Crippen LogP contribution is -2.13. The van der Waals surface area contributed by atoms with E-state index in [1.54, 1.807) is 30.3 Å². The Morgan fingerprint density at radius 2 is 1.80 bits per heavy atom. The summed E-state index contributed by atoms with van der Waals surface area (Å²) in [6.07, 6.45) is 0. The molecule has 0 spiro atoms. The molecule has 20 heavy (non-hydrogen) atoms. The van der Waals surface area contributed by atoms with Gasteiger partial charge in [-0.3, -0.25) is 0 Å². The second-order valence-electron chi connectivity index (χ2n) is 4.09. The van der Waals surface area contributed by atoms with Gasteiger partial charge in [0.25, 0.3) is 0 Å². The van der Waals surface area contributed by atoms with Crippen molar-refractivity contribution in [1.29, 1.82) is 0 Å². The first-order valence-corrected chi connectivity index (χ1v) is 6.48. The van der Waals surface area contributed by atoms with E-state index in [1.807, 2.05) is 0 Å². The molecule has 2 N–H and O–H groups in total. The summed E-state index contributed by atoms with van der Waals surface area (Å²) >= 11 is 11.9. The summed E-state index contributed by atoms with van der Waals surface area (Å²) in [6, 6.07) is 10.6. The first kappa shape index (κ1) is 15.0. The number of rotatable bonds is 4. The molecule has 0 bridgehead atoms. The predicted octanol–water partition coefficient (Wildman–Crippen LogP) is 4.64. The van der Waals surface area contributed by atoms with Crippen molar-refractivity contribution in [3.63, 3.8) is 0 Å². The Hall–Kier alpha value is -1.36. The molecule has 2 nitrogen and oxygen atoms in total. The maximum absolute atomic E-state index is 12.2. The molecule has 1 atom stereocenters. The van der Waals surface area contributed by atoms with Crippen molar-refractivity contribution in [2.45, 2.75) is 12.7 Å². The van der Waals surface area contributed by atoms with Crippen LogP contribution in [0.25, 0.3) is 0 Å². The number of alkyl halides is 2. The summed E-state index contributed by atoms with van der Waals surface area (Å²) in [6.45, 7) is -2.87. The summed E-state index contributed by atoms with van der Waals surface area (Å²) < 4.78 is 28.7. The standard InChI is InChI=1S/C14H11Cl2F2NO/c15-9-4-5-11(12(16)7-9)13(19)8-2-1-3-10(6-8)20-14(17)18/h1-7,13-14H,19H2. The van der Waals surface area contributed by atoms with E-state index in [-0.39, 0.29) is 5.75 Å². The van der Waals surface area contributed by atoms with Crippen LogP contribution in [0.5, 0.6) is 5.75 Å². The maximum Gasteiger partial charge on any atom is 0.387 e. The molecule has 2 aromatic carbocycles. The lowest BCUT2D eigenvalue weighted by atomic mass is 9.99. The molecule has 6 heteroatoms. The van der Waals surface area contributed by atoms with Crippen molar-refractivity contribution < 1.29 is 13.5 Å². The Morgan fingerprint density at radius 1 is 1.05 bits per heavy atom. The van der Waals surface area contributed by atoms with Crippen LogP contribution in [0.15, 0.2) is 42.5 Å². The van der Waals surface area contributed by atoms with E-state index in [0.29, 0.717) is 21.2 Å². The molecule has 0 fully saturated rings. The largest absolute Gasteiger partial charge is 0.435 e. The summed E-state index contributed by atoms with van der Waals surface area (Å²) in [4.78, 5) is 0. The van der Waals surface area contributed by atoms with Gasteiger partial charge in [0.2, 0.25) is 0 Å². The molecule has 0 amide bonds. The molecule has 0 saturated heterocycles. The van der Waals surface area contributed by atoms with E-state index in [1.165, 1.54) is 12.1 Å². The third-order valence-electron chi connectivity index (χ3n) is 2.74. The smallest absolute Gasteiger partial charge is 0.387 e. The van der Waals surface area contributed by atoms with Crippen molar-refractivity contribution in [3.8, 4) is 5.75 Å². The number of hydrogen-bond donors (Lipinski definition) is 1. The summed E-state index contributed by atoms with van der Waals surface area (Å²) in [5, 5.41) is 0.922. The first-order chi connectivity index (χ1) is 9.47. The third-order valence-corrected chi connectivity index (χ3v) is 3.30. The van der Waals surface area contributed by atoms with Crippen molar-refractivity contribution in [3.05, 3.63) is 63.6 Å². The van der Waals surface area contributed by atoms with Crippen LogP contribution in [-0.4, -0.2) is 6.61 Å². The highest BCUT2D eigenvalue weighted by molar-refractivity contribution is 6.35. The van der Waals surface area contributed by atoms with E-state index in [2.05, 4.69) is 4.74 Å². The van der Waals surface area contributed by atoms with Crippen LogP contribution in [-0.2, 0) is 0 Å². The Labute approximate surface area is 125 Å². The lowest BCUT2D eigenvalue weighted by Gasteiger charge is -2.15. The molecule has 2 aromatic rings. The van der Waals surface area contributed by atoms with Gasteiger partial charge < -0.3 is 10.5 Å². The average molecular weight is 318 g/mol. The monoisotopic (exact) mass is 317 g/mol. The second kappa shape index (κ2) is 6.39. The van der Waals surface area contributed by atoms with Gasteiger partial charge in [-0.2, -0.15) is 8.78 Å². The molecular weight excluding hydrogens is 307 g/mol. The van der Waals surface area contributed by atoms with Gasteiger partial charge in [0.1, 0.15) is 5.75 Å². The molecular formula is C14H11Cl2F2NO. The molecule has 0 radical (unpaired) electrons. The Kier molecular flexibility index (Phi) is 4.81. The van der Waals surface area contributed by atoms with Crippen LogP contribution in [0.4, 0.5) is 8.78 Å².